The molecule has 2 heterocycles. The van der Waals surface area contributed by atoms with E-state index in [4.69, 9.17) is 4.74 Å². The third-order valence-electron chi connectivity index (χ3n) is 5.76. The first-order valence-corrected chi connectivity index (χ1v) is 10.1. The number of nitrogens with one attached hydrogen (secondary N) is 2. The molecule has 3 atom stereocenters. The third-order valence-corrected chi connectivity index (χ3v) is 5.76. The van der Waals surface area contributed by atoms with Crippen molar-refractivity contribution in [3.63, 3.8) is 0 Å². The van der Waals surface area contributed by atoms with Gasteiger partial charge in [0, 0.05) is 23.7 Å². The van der Waals surface area contributed by atoms with Crippen molar-refractivity contribution >= 4 is 18.3 Å². The summed E-state index contributed by atoms with van der Waals surface area (Å²) >= 11 is 0. The molecule has 2 fully saturated rings. The van der Waals surface area contributed by atoms with Crippen LogP contribution in [0.1, 0.15) is 49.8 Å². The molecule has 2 N–H and O–H groups in total. The Labute approximate surface area is 173 Å². The summed E-state index contributed by atoms with van der Waals surface area (Å²) in [5.41, 5.74) is 2.00. The summed E-state index contributed by atoms with van der Waals surface area (Å²) in [5.74, 6) is 0.743. The summed E-state index contributed by atoms with van der Waals surface area (Å²) in [5, 5.41) is 6.90. The van der Waals surface area contributed by atoms with E-state index < -0.39 is 6.10 Å². The van der Waals surface area contributed by atoms with Gasteiger partial charge < -0.3 is 15.4 Å². The monoisotopic (exact) mass is 400 g/mol. The predicted octanol–water partition coefficient (Wildman–Crippen LogP) is 4.19. The normalized spacial score (nSPS) is 24.1. The molecule has 1 amide bonds. The van der Waals surface area contributed by atoms with E-state index in [1.54, 1.807) is 0 Å². The Morgan fingerprint density at radius 3 is 2.39 bits per heavy atom. The second kappa shape index (κ2) is 9.44. The van der Waals surface area contributed by atoms with Crippen molar-refractivity contribution in [1.29, 1.82) is 0 Å². The zero-order valence-corrected chi connectivity index (χ0v) is 17.1. The lowest BCUT2D eigenvalue weighted by Crippen LogP contribution is -2.49. The van der Waals surface area contributed by atoms with Crippen molar-refractivity contribution in [2.75, 3.05) is 0 Å². The topological polar surface area (TPSA) is 50.4 Å². The Balaban J connectivity index is 0.00000225. The molecule has 4 nitrogen and oxygen atoms in total. The van der Waals surface area contributed by atoms with Gasteiger partial charge in [0.15, 0.2) is 0 Å². The first-order valence-electron chi connectivity index (χ1n) is 10.1. The quantitative estimate of drug-likeness (QED) is 0.764. The number of ether oxygens (including phenoxy) is 1. The molecule has 2 aromatic rings. The number of carbonyl (C=O) groups is 1. The fraction of sp³-hybridized carbons (Fsp3) is 0.435. The predicted molar refractivity (Wildman–Crippen MR) is 114 cm³/mol. The standard InChI is InChI=1S/C23H28N2O2.ClH/c1-2-16-8-6-7-11-21(16)27-22(17-9-4-3-5-10-17)23(26)25-20-14-18-12-13-19(15-20)24-18;/h3-11,18-20,22,24H,2,12-15H2,1H3,(H,25,26);1H. The number of piperidine rings is 1. The minimum atomic E-state index is -0.633. The van der Waals surface area contributed by atoms with E-state index in [9.17, 15) is 4.79 Å². The summed E-state index contributed by atoms with van der Waals surface area (Å²) in [6, 6.07) is 19.1. The third kappa shape index (κ3) is 4.68. The van der Waals surface area contributed by atoms with E-state index in [0.29, 0.717) is 12.1 Å². The zero-order chi connectivity index (χ0) is 18.6. The van der Waals surface area contributed by atoms with E-state index in [1.165, 1.54) is 12.8 Å². The highest BCUT2D eigenvalue weighted by Crippen LogP contribution is 2.29. The number of fused-ring (bicyclic) bond motifs is 2. The Kier molecular flexibility index (Phi) is 6.97. The van der Waals surface area contributed by atoms with Crippen molar-refractivity contribution in [3.05, 3.63) is 65.7 Å². The largest absolute Gasteiger partial charge is 0.476 e. The van der Waals surface area contributed by atoms with Crippen LogP contribution in [-0.2, 0) is 11.2 Å². The van der Waals surface area contributed by atoms with E-state index in [1.807, 2.05) is 48.5 Å². The zero-order valence-electron chi connectivity index (χ0n) is 16.3. The molecular formula is C23H29ClN2O2. The van der Waals surface area contributed by atoms with Crippen LogP contribution in [0, 0.1) is 0 Å². The van der Waals surface area contributed by atoms with Crippen LogP contribution in [0.5, 0.6) is 5.75 Å². The van der Waals surface area contributed by atoms with Gasteiger partial charge in [0.25, 0.3) is 5.91 Å². The molecule has 0 radical (unpaired) electrons. The van der Waals surface area contributed by atoms with Crippen LogP contribution >= 0.6 is 12.4 Å². The fourth-order valence-electron chi connectivity index (χ4n) is 4.39. The Hall–Kier alpha value is -2.04. The molecule has 0 aromatic heterocycles. The molecule has 2 aliphatic heterocycles. The molecule has 0 saturated carbocycles. The van der Waals surface area contributed by atoms with Crippen molar-refractivity contribution in [1.82, 2.24) is 10.6 Å². The molecule has 5 heteroatoms. The van der Waals surface area contributed by atoms with Gasteiger partial charge in [0.1, 0.15) is 5.75 Å². The van der Waals surface area contributed by atoms with Gasteiger partial charge >= 0.3 is 0 Å². The van der Waals surface area contributed by atoms with E-state index in [2.05, 4.69) is 23.6 Å². The molecular weight excluding hydrogens is 372 g/mol. The molecule has 28 heavy (non-hydrogen) atoms. The SMILES string of the molecule is CCc1ccccc1OC(C(=O)NC1CC2CCC(C1)N2)c1ccccc1.Cl. The van der Waals surface area contributed by atoms with Crippen LogP contribution in [0.25, 0.3) is 0 Å². The molecule has 3 unspecified atom stereocenters. The second-order valence-electron chi connectivity index (χ2n) is 7.68. The summed E-state index contributed by atoms with van der Waals surface area (Å²) in [4.78, 5) is 13.2. The second-order valence-corrected chi connectivity index (χ2v) is 7.68. The van der Waals surface area contributed by atoms with Crippen LogP contribution in [0.2, 0.25) is 0 Å². The van der Waals surface area contributed by atoms with Gasteiger partial charge in [-0.15, -0.1) is 12.4 Å². The maximum Gasteiger partial charge on any atom is 0.266 e. The Bertz CT molecular complexity index is 771. The van der Waals surface area contributed by atoms with Crippen molar-refractivity contribution in [2.24, 2.45) is 0 Å². The van der Waals surface area contributed by atoms with Crippen molar-refractivity contribution < 1.29 is 9.53 Å². The average Bonchev–Trinajstić information content (AvgIpc) is 3.05. The number of carbonyl (C=O) groups excluding carboxylic acids is 1. The molecule has 2 aliphatic rings. The minimum absolute atomic E-state index is 0. The number of hydrogen-bond donors (Lipinski definition) is 2. The number of amides is 1. The molecule has 2 bridgehead atoms. The maximum absolute atomic E-state index is 13.2. The number of halogens is 1. The Morgan fingerprint density at radius 1 is 1.07 bits per heavy atom. The lowest BCUT2D eigenvalue weighted by Gasteiger charge is -2.31. The van der Waals surface area contributed by atoms with Crippen LogP contribution in [-0.4, -0.2) is 24.0 Å². The van der Waals surface area contributed by atoms with Crippen LogP contribution in [0.4, 0.5) is 0 Å². The van der Waals surface area contributed by atoms with Gasteiger partial charge in [-0.25, -0.2) is 0 Å². The van der Waals surface area contributed by atoms with Crippen LogP contribution in [0.3, 0.4) is 0 Å². The van der Waals surface area contributed by atoms with E-state index >= 15 is 0 Å². The highest BCUT2D eigenvalue weighted by Gasteiger charge is 2.35. The summed E-state index contributed by atoms with van der Waals surface area (Å²) < 4.78 is 6.27. The molecule has 0 aliphatic carbocycles. The van der Waals surface area contributed by atoms with Gasteiger partial charge in [0.2, 0.25) is 6.10 Å². The van der Waals surface area contributed by atoms with E-state index in [-0.39, 0.29) is 24.4 Å². The minimum Gasteiger partial charge on any atom is -0.476 e. The average molecular weight is 401 g/mol. The van der Waals surface area contributed by atoms with Gasteiger partial charge in [-0.05, 0) is 43.7 Å². The number of para-hydroxylation sites is 1. The van der Waals surface area contributed by atoms with Crippen molar-refractivity contribution in [3.8, 4) is 5.75 Å². The maximum atomic E-state index is 13.2. The van der Waals surface area contributed by atoms with Gasteiger partial charge in [-0.3, -0.25) is 4.79 Å². The van der Waals surface area contributed by atoms with Crippen LogP contribution in [0.15, 0.2) is 54.6 Å². The van der Waals surface area contributed by atoms with Gasteiger partial charge in [-0.2, -0.15) is 0 Å². The highest BCUT2D eigenvalue weighted by atomic mass is 35.5. The molecule has 2 saturated heterocycles. The first kappa shape index (κ1) is 20.7. The fourth-order valence-corrected chi connectivity index (χ4v) is 4.39. The lowest BCUT2D eigenvalue weighted by atomic mass is 9.99. The van der Waals surface area contributed by atoms with E-state index in [0.717, 1.165) is 36.1 Å². The van der Waals surface area contributed by atoms with Gasteiger partial charge in [0.05, 0.1) is 0 Å². The summed E-state index contributed by atoms with van der Waals surface area (Å²) in [6.45, 7) is 2.10. The number of rotatable bonds is 6. The summed E-state index contributed by atoms with van der Waals surface area (Å²) in [7, 11) is 0. The number of benzene rings is 2. The molecule has 150 valence electrons. The number of aryl methyl sites for hydroxylation is 1. The van der Waals surface area contributed by atoms with Gasteiger partial charge in [-0.1, -0.05) is 55.5 Å². The smallest absolute Gasteiger partial charge is 0.266 e. The Morgan fingerprint density at radius 2 is 1.71 bits per heavy atom. The molecule has 2 aromatic carbocycles. The van der Waals surface area contributed by atoms with Crippen molar-refractivity contribution in [2.45, 2.75) is 63.3 Å². The summed E-state index contributed by atoms with van der Waals surface area (Å²) in [6.07, 6.45) is 4.70. The highest BCUT2D eigenvalue weighted by molar-refractivity contribution is 5.85. The molecule has 0 spiro atoms. The number of hydrogen-bond acceptors (Lipinski definition) is 3. The lowest BCUT2D eigenvalue weighted by molar-refractivity contribution is -0.129. The van der Waals surface area contributed by atoms with Crippen LogP contribution < -0.4 is 15.4 Å². The molecule has 4 rings (SSSR count). The first-order chi connectivity index (χ1) is 13.2.